The highest BCUT2D eigenvalue weighted by molar-refractivity contribution is 6.41. The Balaban J connectivity index is 1.95. The molecule has 0 spiro atoms. The number of nitrogens with one attached hydrogen (secondary N) is 1. The van der Waals surface area contributed by atoms with Gasteiger partial charge < -0.3 is 14.8 Å². The van der Waals surface area contributed by atoms with Crippen molar-refractivity contribution in [1.29, 1.82) is 0 Å². The van der Waals surface area contributed by atoms with E-state index < -0.39 is 5.97 Å². The van der Waals surface area contributed by atoms with E-state index >= 15 is 0 Å². The molecule has 0 aliphatic carbocycles. The van der Waals surface area contributed by atoms with E-state index in [1.807, 2.05) is 0 Å². The Bertz CT molecular complexity index is 908. The van der Waals surface area contributed by atoms with Crippen molar-refractivity contribution in [3.8, 4) is 5.75 Å². The molecule has 0 aliphatic heterocycles. The summed E-state index contributed by atoms with van der Waals surface area (Å²) in [4.78, 5) is 13.7. The number of ether oxygens (including phenoxy) is 1. The summed E-state index contributed by atoms with van der Waals surface area (Å²) in [7, 11) is 0. The number of carboxylic acids is 1. The van der Waals surface area contributed by atoms with Crippen molar-refractivity contribution in [2.24, 2.45) is 0 Å². The molecule has 2 N–H and O–H groups in total. The van der Waals surface area contributed by atoms with Gasteiger partial charge in [0.2, 0.25) is 0 Å². The summed E-state index contributed by atoms with van der Waals surface area (Å²) < 4.78 is 18.8. The second-order valence-electron chi connectivity index (χ2n) is 4.87. The fraction of sp³-hybridized carbons (Fsp3) is 0.0625. The Morgan fingerprint density at radius 3 is 2.74 bits per heavy atom. The largest absolute Gasteiger partial charge is 0.486 e. The SMILES string of the molecule is O=C(O)c1cc2c(Cl)c(OCc3cccc(F)c3)c(Cl)cc2[nH]1. The van der Waals surface area contributed by atoms with Gasteiger partial charge >= 0.3 is 5.97 Å². The molecule has 0 saturated carbocycles. The predicted molar refractivity (Wildman–Crippen MR) is 86.0 cm³/mol. The number of hydrogen-bond donors (Lipinski definition) is 2. The van der Waals surface area contributed by atoms with Crippen LogP contribution in [0.5, 0.6) is 5.75 Å². The van der Waals surface area contributed by atoms with Gasteiger partial charge in [0, 0.05) is 10.9 Å². The molecule has 23 heavy (non-hydrogen) atoms. The van der Waals surface area contributed by atoms with E-state index in [1.54, 1.807) is 12.1 Å². The Morgan fingerprint density at radius 2 is 2.04 bits per heavy atom. The highest BCUT2D eigenvalue weighted by atomic mass is 35.5. The van der Waals surface area contributed by atoms with Gasteiger partial charge in [0.1, 0.15) is 18.1 Å². The first kappa shape index (κ1) is 15.6. The van der Waals surface area contributed by atoms with Gasteiger partial charge in [0.05, 0.1) is 10.0 Å². The van der Waals surface area contributed by atoms with Crippen LogP contribution in [0, 0.1) is 5.82 Å². The minimum Gasteiger partial charge on any atom is -0.486 e. The number of H-pyrrole nitrogens is 1. The van der Waals surface area contributed by atoms with Crippen LogP contribution in [0.25, 0.3) is 10.9 Å². The second kappa shape index (κ2) is 6.10. The average Bonchev–Trinajstić information content (AvgIpc) is 2.91. The average molecular weight is 354 g/mol. The number of carboxylic acid groups (broad SMARTS) is 1. The lowest BCUT2D eigenvalue weighted by Gasteiger charge is -2.11. The van der Waals surface area contributed by atoms with Crippen LogP contribution in [0.2, 0.25) is 10.0 Å². The molecule has 7 heteroatoms. The molecule has 3 rings (SSSR count). The molecule has 0 amide bonds. The molecular formula is C16H10Cl2FNO3. The van der Waals surface area contributed by atoms with Gasteiger partial charge in [-0.2, -0.15) is 0 Å². The maximum atomic E-state index is 13.2. The molecule has 1 heterocycles. The van der Waals surface area contributed by atoms with Crippen LogP contribution in [-0.4, -0.2) is 16.1 Å². The van der Waals surface area contributed by atoms with E-state index in [0.717, 1.165) is 0 Å². The number of rotatable bonds is 4. The number of halogens is 3. The maximum Gasteiger partial charge on any atom is 0.352 e. The van der Waals surface area contributed by atoms with Gasteiger partial charge in [-0.05, 0) is 29.8 Å². The molecule has 0 saturated heterocycles. The van der Waals surface area contributed by atoms with E-state index in [9.17, 15) is 9.18 Å². The summed E-state index contributed by atoms with van der Waals surface area (Å²) in [5, 5.41) is 9.94. The lowest BCUT2D eigenvalue weighted by molar-refractivity contribution is 0.0691. The van der Waals surface area contributed by atoms with Crippen molar-refractivity contribution in [2.75, 3.05) is 0 Å². The zero-order valence-electron chi connectivity index (χ0n) is 11.6. The number of fused-ring (bicyclic) bond motifs is 1. The van der Waals surface area contributed by atoms with E-state index in [4.69, 9.17) is 33.0 Å². The zero-order chi connectivity index (χ0) is 16.6. The Kier molecular flexibility index (Phi) is 4.15. The Morgan fingerprint density at radius 1 is 1.26 bits per heavy atom. The first-order valence-electron chi connectivity index (χ1n) is 6.57. The lowest BCUT2D eigenvalue weighted by Crippen LogP contribution is -1.97. The van der Waals surface area contributed by atoms with Crippen molar-refractivity contribution in [3.05, 3.63) is 63.5 Å². The summed E-state index contributed by atoms with van der Waals surface area (Å²) in [6.07, 6.45) is 0. The van der Waals surface area contributed by atoms with Crippen LogP contribution in [0.3, 0.4) is 0 Å². The molecule has 0 radical (unpaired) electrons. The third-order valence-electron chi connectivity index (χ3n) is 3.27. The minimum absolute atomic E-state index is 0.000229. The number of aromatic amines is 1. The first-order valence-corrected chi connectivity index (χ1v) is 7.32. The van der Waals surface area contributed by atoms with Crippen LogP contribution in [0.15, 0.2) is 36.4 Å². The van der Waals surface area contributed by atoms with Gasteiger partial charge in [0.15, 0.2) is 5.75 Å². The number of aromatic carboxylic acids is 1. The van der Waals surface area contributed by atoms with Crippen molar-refractivity contribution in [1.82, 2.24) is 4.98 Å². The summed E-state index contributed by atoms with van der Waals surface area (Å²) >= 11 is 12.4. The van der Waals surface area contributed by atoms with Gasteiger partial charge in [-0.15, -0.1) is 0 Å². The molecule has 0 fully saturated rings. The highest BCUT2D eigenvalue weighted by Crippen LogP contribution is 2.40. The smallest absolute Gasteiger partial charge is 0.352 e. The fourth-order valence-corrected chi connectivity index (χ4v) is 2.83. The van der Waals surface area contributed by atoms with E-state index in [2.05, 4.69) is 4.98 Å². The second-order valence-corrected chi connectivity index (χ2v) is 5.65. The standard InChI is InChI=1S/C16H10Cl2FNO3/c17-11-6-12-10(5-13(20-12)16(21)22)14(18)15(11)23-7-8-2-1-3-9(19)4-8/h1-6,20H,7H2,(H,21,22). The van der Waals surface area contributed by atoms with Gasteiger partial charge in [0.25, 0.3) is 0 Å². The molecule has 4 nitrogen and oxygen atoms in total. The fourth-order valence-electron chi connectivity index (χ4n) is 2.22. The van der Waals surface area contributed by atoms with Gasteiger partial charge in [-0.3, -0.25) is 0 Å². The molecule has 2 aromatic carbocycles. The Labute approximate surface area is 140 Å². The van der Waals surface area contributed by atoms with Gasteiger partial charge in [-0.25, -0.2) is 9.18 Å². The van der Waals surface area contributed by atoms with Crippen LogP contribution >= 0.6 is 23.2 Å². The number of carbonyl (C=O) groups is 1. The molecule has 3 aromatic rings. The third-order valence-corrected chi connectivity index (χ3v) is 3.93. The number of hydrogen-bond acceptors (Lipinski definition) is 2. The van der Waals surface area contributed by atoms with Crippen molar-refractivity contribution in [3.63, 3.8) is 0 Å². The summed E-state index contributed by atoms with van der Waals surface area (Å²) in [5.41, 5.74) is 1.12. The first-order chi connectivity index (χ1) is 11.0. The van der Waals surface area contributed by atoms with Crippen molar-refractivity contribution in [2.45, 2.75) is 6.61 Å². The number of aromatic nitrogens is 1. The maximum absolute atomic E-state index is 13.2. The molecule has 0 aliphatic rings. The summed E-state index contributed by atoms with van der Waals surface area (Å²) in [6, 6.07) is 8.91. The molecule has 0 unspecified atom stereocenters. The van der Waals surface area contributed by atoms with Crippen LogP contribution in [0.4, 0.5) is 4.39 Å². The predicted octanol–water partition coefficient (Wildman–Crippen LogP) is 4.89. The number of benzene rings is 2. The van der Waals surface area contributed by atoms with E-state index in [0.29, 0.717) is 16.5 Å². The summed E-state index contributed by atoms with van der Waals surface area (Å²) in [6.45, 7) is 0.0823. The van der Waals surface area contributed by atoms with Crippen LogP contribution in [-0.2, 0) is 6.61 Å². The monoisotopic (exact) mass is 353 g/mol. The normalized spacial score (nSPS) is 10.9. The minimum atomic E-state index is -1.10. The Hall–Kier alpha value is -2.24. The molecule has 0 bridgehead atoms. The van der Waals surface area contributed by atoms with Crippen molar-refractivity contribution < 1.29 is 19.0 Å². The molecule has 0 atom stereocenters. The lowest BCUT2D eigenvalue weighted by atomic mass is 10.2. The molecular weight excluding hydrogens is 344 g/mol. The quantitative estimate of drug-likeness (QED) is 0.701. The molecule has 118 valence electrons. The van der Waals surface area contributed by atoms with Crippen LogP contribution < -0.4 is 4.74 Å². The highest BCUT2D eigenvalue weighted by Gasteiger charge is 2.17. The van der Waals surface area contributed by atoms with E-state index in [1.165, 1.54) is 24.3 Å². The topological polar surface area (TPSA) is 62.3 Å². The van der Waals surface area contributed by atoms with Crippen LogP contribution in [0.1, 0.15) is 16.1 Å². The summed E-state index contributed by atoms with van der Waals surface area (Å²) in [5.74, 6) is -1.24. The van der Waals surface area contributed by atoms with Crippen molar-refractivity contribution >= 4 is 40.1 Å². The zero-order valence-corrected chi connectivity index (χ0v) is 13.1. The molecule has 1 aromatic heterocycles. The van der Waals surface area contributed by atoms with Gasteiger partial charge in [-0.1, -0.05) is 35.3 Å². The van der Waals surface area contributed by atoms with E-state index in [-0.39, 0.29) is 33.9 Å². The third kappa shape index (κ3) is 3.11.